The molecule has 0 fully saturated rings. The quantitative estimate of drug-likeness (QED) is 0.341. The molecule has 0 saturated carbocycles. The SMILES string of the molecule is Cc1nc2ccc(-c3ccccc3C(F)(F)F)nn2c1C.N/C=N\C(=C/N)NC=O. The van der Waals surface area contributed by atoms with Crippen LogP contribution in [-0.4, -0.2) is 27.3 Å². The molecule has 0 spiro atoms. The summed E-state index contributed by atoms with van der Waals surface area (Å²) in [6.07, 6.45) is -1.77. The van der Waals surface area contributed by atoms with Crippen LogP contribution in [0.1, 0.15) is 17.0 Å². The second-order valence-electron chi connectivity index (χ2n) is 5.91. The maximum atomic E-state index is 13.1. The van der Waals surface area contributed by atoms with Crippen molar-refractivity contribution in [3.63, 3.8) is 0 Å². The number of hydrogen-bond donors (Lipinski definition) is 3. The Bertz CT molecular complexity index is 1090. The van der Waals surface area contributed by atoms with Gasteiger partial charge in [0.15, 0.2) is 5.65 Å². The van der Waals surface area contributed by atoms with Crippen LogP contribution >= 0.6 is 0 Å². The maximum Gasteiger partial charge on any atom is 0.417 e. The summed E-state index contributed by atoms with van der Waals surface area (Å²) in [7, 11) is 0. The van der Waals surface area contributed by atoms with Crippen molar-refractivity contribution in [1.82, 2.24) is 19.9 Å². The number of amides is 1. The number of nitrogens with zero attached hydrogens (tertiary/aromatic N) is 4. The number of aryl methyl sites for hydroxylation is 2. The molecule has 0 bridgehead atoms. The molecule has 8 nitrogen and oxygen atoms in total. The number of aromatic nitrogens is 3. The molecule has 0 unspecified atom stereocenters. The molecule has 30 heavy (non-hydrogen) atoms. The van der Waals surface area contributed by atoms with E-state index in [2.05, 4.69) is 20.4 Å². The van der Waals surface area contributed by atoms with Crippen LogP contribution in [0.3, 0.4) is 0 Å². The van der Waals surface area contributed by atoms with Gasteiger partial charge in [0.05, 0.1) is 29.0 Å². The second-order valence-corrected chi connectivity index (χ2v) is 5.91. The van der Waals surface area contributed by atoms with Crippen molar-refractivity contribution in [3.05, 3.63) is 65.4 Å². The fraction of sp³-hybridized carbons (Fsp3) is 0.158. The Balaban J connectivity index is 0.000000303. The lowest BCUT2D eigenvalue weighted by atomic mass is 10.0. The van der Waals surface area contributed by atoms with Crippen molar-refractivity contribution in [2.75, 3.05) is 0 Å². The third-order valence-corrected chi connectivity index (χ3v) is 4.03. The third kappa shape index (κ3) is 5.13. The summed E-state index contributed by atoms with van der Waals surface area (Å²) in [5, 5.41) is 6.50. The van der Waals surface area contributed by atoms with E-state index in [-0.39, 0.29) is 17.1 Å². The fourth-order valence-corrected chi connectivity index (χ4v) is 2.52. The van der Waals surface area contributed by atoms with E-state index in [1.807, 2.05) is 13.8 Å². The number of aliphatic imine (C=N–C) groups is 1. The van der Waals surface area contributed by atoms with Gasteiger partial charge in [0, 0.05) is 11.8 Å². The molecule has 5 N–H and O–H groups in total. The van der Waals surface area contributed by atoms with Crippen molar-refractivity contribution in [1.29, 1.82) is 0 Å². The van der Waals surface area contributed by atoms with Crippen molar-refractivity contribution >= 4 is 18.4 Å². The van der Waals surface area contributed by atoms with E-state index in [4.69, 9.17) is 11.5 Å². The zero-order chi connectivity index (χ0) is 22.3. The number of imidazole rings is 1. The monoisotopic (exact) mass is 419 g/mol. The Morgan fingerprint density at radius 2 is 1.87 bits per heavy atom. The molecule has 1 aromatic carbocycles. The van der Waals surface area contributed by atoms with E-state index in [9.17, 15) is 18.0 Å². The highest BCUT2D eigenvalue weighted by atomic mass is 19.4. The maximum absolute atomic E-state index is 13.1. The largest absolute Gasteiger partial charge is 0.417 e. The molecule has 3 rings (SSSR count). The number of carbonyl (C=O) groups is 1. The summed E-state index contributed by atoms with van der Waals surface area (Å²) in [6.45, 7) is 3.68. The minimum absolute atomic E-state index is 0.0673. The molecule has 1 amide bonds. The predicted octanol–water partition coefficient (Wildman–Crippen LogP) is 2.51. The van der Waals surface area contributed by atoms with Crippen LogP contribution in [0.15, 0.2) is 53.4 Å². The molecule has 3 aromatic rings. The molecule has 0 aliphatic heterocycles. The lowest BCUT2D eigenvalue weighted by molar-refractivity contribution is -0.137. The smallest absolute Gasteiger partial charge is 0.402 e. The molecule has 0 aliphatic carbocycles. The Kier molecular flexibility index (Phi) is 7.13. The van der Waals surface area contributed by atoms with Gasteiger partial charge < -0.3 is 16.8 Å². The summed E-state index contributed by atoms with van der Waals surface area (Å²) in [4.78, 5) is 17.5. The predicted molar refractivity (Wildman–Crippen MR) is 107 cm³/mol. The minimum atomic E-state index is -4.41. The fourth-order valence-electron chi connectivity index (χ4n) is 2.52. The lowest BCUT2D eigenvalue weighted by Crippen LogP contribution is -2.11. The molecule has 2 aromatic heterocycles. The average Bonchev–Trinajstić information content (AvgIpc) is 3.01. The normalized spacial score (nSPS) is 12.0. The number of fused-ring (bicyclic) bond motifs is 1. The van der Waals surface area contributed by atoms with Crippen LogP contribution in [0.5, 0.6) is 0 Å². The van der Waals surface area contributed by atoms with E-state index < -0.39 is 11.7 Å². The van der Waals surface area contributed by atoms with Crippen LogP contribution in [0.2, 0.25) is 0 Å². The second kappa shape index (κ2) is 9.54. The first kappa shape index (κ1) is 22.4. The minimum Gasteiger partial charge on any atom is -0.402 e. The Morgan fingerprint density at radius 1 is 1.17 bits per heavy atom. The first-order chi connectivity index (χ1) is 14.2. The van der Waals surface area contributed by atoms with Crippen LogP contribution < -0.4 is 16.8 Å². The van der Waals surface area contributed by atoms with E-state index in [0.717, 1.165) is 30.0 Å². The molecular weight excluding hydrogens is 399 g/mol. The summed E-state index contributed by atoms with van der Waals surface area (Å²) in [5.41, 5.74) is 11.8. The highest BCUT2D eigenvalue weighted by molar-refractivity contribution is 5.65. The van der Waals surface area contributed by atoms with Gasteiger partial charge >= 0.3 is 6.18 Å². The first-order valence-electron chi connectivity index (χ1n) is 8.58. The Labute approximate surface area is 170 Å². The van der Waals surface area contributed by atoms with Crippen LogP contribution in [0.4, 0.5) is 13.2 Å². The van der Waals surface area contributed by atoms with Gasteiger partial charge in [-0.1, -0.05) is 18.2 Å². The highest BCUT2D eigenvalue weighted by Gasteiger charge is 2.33. The molecule has 0 radical (unpaired) electrons. The Hall–Kier alpha value is -3.89. The summed E-state index contributed by atoms with van der Waals surface area (Å²) >= 11 is 0. The van der Waals surface area contributed by atoms with Gasteiger partial charge in [0.25, 0.3) is 0 Å². The number of carbonyl (C=O) groups excluding carboxylic acids is 1. The standard InChI is InChI=1S/C15H12F3N3.C4H8N4O/c1-9-10(2)21-14(19-9)8-7-13(20-21)11-5-3-4-6-12(11)15(16,17)18;5-1-4(7-2-6)8-3-9/h3-8H,1-2H3;1-3H,5H2,(H2,6,7)(H,8,9)/b;4-1+. The third-order valence-electron chi connectivity index (χ3n) is 4.03. The number of halogens is 3. The van der Waals surface area contributed by atoms with E-state index in [0.29, 0.717) is 12.1 Å². The lowest BCUT2D eigenvalue weighted by Gasteiger charge is -2.12. The molecule has 11 heteroatoms. The molecule has 0 aliphatic rings. The number of rotatable bonds is 4. The number of benzene rings is 1. The average molecular weight is 419 g/mol. The molecular formula is C19H20F3N7O. The number of nitrogens with one attached hydrogen (secondary N) is 1. The zero-order valence-electron chi connectivity index (χ0n) is 16.2. The van der Waals surface area contributed by atoms with Gasteiger partial charge in [0.2, 0.25) is 6.41 Å². The van der Waals surface area contributed by atoms with Gasteiger partial charge in [0.1, 0.15) is 5.82 Å². The van der Waals surface area contributed by atoms with Crippen molar-refractivity contribution in [2.24, 2.45) is 16.5 Å². The molecule has 0 saturated heterocycles. The van der Waals surface area contributed by atoms with E-state index in [1.165, 1.54) is 12.1 Å². The van der Waals surface area contributed by atoms with Gasteiger partial charge in [-0.05, 0) is 32.0 Å². The van der Waals surface area contributed by atoms with Gasteiger partial charge in [-0.15, -0.1) is 0 Å². The molecule has 2 heterocycles. The van der Waals surface area contributed by atoms with Crippen LogP contribution in [0, 0.1) is 13.8 Å². The summed E-state index contributed by atoms with van der Waals surface area (Å²) < 4.78 is 40.8. The van der Waals surface area contributed by atoms with Crippen LogP contribution in [0.25, 0.3) is 16.9 Å². The Morgan fingerprint density at radius 3 is 2.47 bits per heavy atom. The molecule has 0 atom stereocenters. The van der Waals surface area contributed by atoms with Crippen molar-refractivity contribution in [3.8, 4) is 11.3 Å². The number of alkyl halides is 3. The van der Waals surface area contributed by atoms with Crippen molar-refractivity contribution in [2.45, 2.75) is 20.0 Å². The van der Waals surface area contributed by atoms with Crippen molar-refractivity contribution < 1.29 is 18.0 Å². The summed E-state index contributed by atoms with van der Waals surface area (Å²) in [5.74, 6) is 0.229. The van der Waals surface area contributed by atoms with E-state index in [1.54, 1.807) is 22.7 Å². The van der Waals surface area contributed by atoms with Gasteiger partial charge in [-0.25, -0.2) is 14.5 Å². The van der Waals surface area contributed by atoms with Gasteiger partial charge in [-0.2, -0.15) is 18.3 Å². The van der Waals surface area contributed by atoms with Gasteiger partial charge in [-0.3, -0.25) is 4.79 Å². The van der Waals surface area contributed by atoms with E-state index >= 15 is 0 Å². The van der Waals surface area contributed by atoms with Crippen LogP contribution in [-0.2, 0) is 11.0 Å². The highest BCUT2D eigenvalue weighted by Crippen LogP contribution is 2.36. The summed E-state index contributed by atoms with van der Waals surface area (Å²) in [6, 6.07) is 8.67. The zero-order valence-corrected chi connectivity index (χ0v) is 16.2. The number of hydrogen-bond acceptors (Lipinski definition) is 5. The first-order valence-corrected chi connectivity index (χ1v) is 8.58. The topological polar surface area (TPSA) is 124 Å². The number of nitrogens with two attached hydrogens (primary N) is 2. The molecule has 158 valence electrons.